The van der Waals surface area contributed by atoms with Gasteiger partial charge in [0.15, 0.2) is 5.89 Å². The fourth-order valence-electron chi connectivity index (χ4n) is 0.949. The predicted molar refractivity (Wildman–Crippen MR) is 45.7 cm³/mol. The lowest BCUT2D eigenvalue weighted by Crippen LogP contribution is -2.18. The lowest BCUT2D eigenvalue weighted by atomic mass is 9.88. The summed E-state index contributed by atoms with van der Waals surface area (Å²) in [6.07, 6.45) is 0.945. The molecule has 0 aromatic carbocycles. The summed E-state index contributed by atoms with van der Waals surface area (Å²) < 4.78 is 5.01. The van der Waals surface area contributed by atoms with E-state index in [1.807, 2.05) is 20.8 Å². The van der Waals surface area contributed by atoms with Gasteiger partial charge in [-0.05, 0) is 5.41 Å². The Kier molecular flexibility index (Phi) is 2.24. The SMILES string of the molecule is Cc1nc(C(O)C(C)(C)C)co1. The van der Waals surface area contributed by atoms with Crippen LogP contribution in [0.3, 0.4) is 0 Å². The van der Waals surface area contributed by atoms with Gasteiger partial charge in [0.25, 0.3) is 0 Å². The number of oxazole rings is 1. The first kappa shape index (κ1) is 9.26. The topological polar surface area (TPSA) is 46.3 Å². The maximum atomic E-state index is 9.75. The summed E-state index contributed by atoms with van der Waals surface area (Å²) in [6.45, 7) is 7.64. The lowest BCUT2D eigenvalue weighted by Gasteiger charge is -2.23. The van der Waals surface area contributed by atoms with Gasteiger partial charge in [-0.1, -0.05) is 20.8 Å². The van der Waals surface area contributed by atoms with Crippen molar-refractivity contribution in [1.29, 1.82) is 0 Å². The highest BCUT2D eigenvalue weighted by molar-refractivity contribution is 5.03. The Bertz CT molecular complexity index is 260. The number of rotatable bonds is 1. The molecule has 0 aliphatic carbocycles. The molecule has 1 rings (SSSR count). The third-order valence-corrected chi connectivity index (χ3v) is 1.74. The van der Waals surface area contributed by atoms with Crippen LogP contribution in [0.25, 0.3) is 0 Å². The van der Waals surface area contributed by atoms with Gasteiger partial charge in [0, 0.05) is 6.92 Å². The fourth-order valence-corrected chi connectivity index (χ4v) is 0.949. The summed E-state index contributed by atoms with van der Waals surface area (Å²) in [5.74, 6) is 0.591. The highest BCUT2D eigenvalue weighted by Crippen LogP contribution is 2.31. The first-order valence-electron chi connectivity index (χ1n) is 4.01. The molecule has 1 atom stereocenters. The monoisotopic (exact) mass is 169 g/mol. The molecule has 0 saturated carbocycles. The van der Waals surface area contributed by atoms with E-state index in [9.17, 15) is 5.11 Å². The number of aryl methyl sites for hydroxylation is 1. The van der Waals surface area contributed by atoms with Crippen LogP contribution in [0.15, 0.2) is 10.7 Å². The van der Waals surface area contributed by atoms with Crippen molar-refractivity contribution in [3.63, 3.8) is 0 Å². The van der Waals surface area contributed by atoms with Crippen LogP contribution in [0.5, 0.6) is 0 Å². The molecule has 1 heterocycles. The average Bonchev–Trinajstić information content (AvgIpc) is 2.32. The zero-order valence-corrected chi connectivity index (χ0v) is 7.96. The molecule has 12 heavy (non-hydrogen) atoms. The van der Waals surface area contributed by atoms with Gasteiger partial charge in [0.1, 0.15) is 18.1 Å². The molecule has 3 heteroatoms. The third kappa shape index (κ3) is 1.85. The standard InChI is InChI=1S/C9H15NO2/c1-6-10-7(5-12-6)8(11)9(2,3)4/h5,8,11H,1-4H3. The van der Waals surface area contributed by atoms with Crippen molar-refractivity contribution >= 4 is 0 Å². The van der Waals surface area contributed by atoms with Gasteiger partial charge in [-0.2, -0.15) is 0 Å². The van der Waals surface area contributed by atoms with Crippen LogP contribution in [-0.2, 0) is 0 Å². The molecule has 0 bridgehead atoms. The van der Waals surface area contributed by atoms with E-state index in [1.54, 1.807) is 6.92 Å². The summed E-state index contributed by atoms with van der Waals surface area (Å²) in [5.41, 5.74) is 0.420. The highest BCUT2D eigenvalue weighted by atomic mass is 16.3. The molecule has 0 spiro atoms. The number of nitrogens with zero attached hydrogens (tertiary/aromatic N) is 1. The van der Waals surface area contributed by atoms with E-state index in [4.69, 9.17) is 4.42 Å². The van der Waals surface area contributed by atoms with E-state index in [2.05, 4.69) is 4.98 Å². The Hall–Kier alpha value is -0.830. The summed E-state index contributed by atoms with van der Waals surface area (Å²) in [5, 5.41) is 9.75. The van der Waals surface area contributed by atoms with Crippen LogP contribution in [0, 0.1) is 12.3 Å². The quantitative estimate of drug-likeness (QED) is 0.700. The summed E-state index contributed by atoms with van der Waals surface area (Å²) in [4.78, 5) is 4.06. The molecule has 0 radical (unpaired) electrons. The van der Waals surface area contributed by atoms with Crippen LogP contribution in [0.4, 0.5) is 0 Å². The van der Waals surface area contributed by atoms with Gasteiger partial charge in [-0.3, -0.25) is 0 Å². The molecular formula is C9H15NO2. The smallest absolute Gasteiger partial charge is 0.191 e. The van der Waals surface area contributed by atoms with E-state index in [0.717, 1.165) is 0 Å². The Balaban J connectivity index is 2.85. The Morgan fingerprint density at radius 1 is 1.50 bits per heavy atom. The number of hydrogen-bond donors (Lipinski definition) is 1. The largest absolute Gasteiger partial charge is 0.449 e. The maximum Gasteiger partial charge on any atom is 0.191 e. The summed E-state index contributed by atoms with van der Waals surface area (Å²) in [7, 11) is 0. The Morgan fingerprint density at radius 3 is 2.42 bits per heavy atom. The van der Waals surface area contributed by atoms with Crippen molar-refractivity contribution in [2.45, 2.75) is 33.8 Å². The molecule has 3 nitrogen and oxygen atoms in total. The Labute approximate surface area is 72.4 Å². The van der Waals surface area contributed by atoms with E-state index in [1.165, 1.54) is 6.26 Å². The zero-order chi connectivity index (χ0) is 9.35. The van der Waals surface area contributed by atoms with E-state index >= 15 is 0 Å². The van der Waals surface area contributed by atoms with Gasteiger partial charge in [-0.15, -0.1) is 0 Å². The molecule has 1 N–H and O–H groups in total. The van der Waals surface area contributed by atoms with Crippen LogP contribution in [-0.4, -0.2) is 10.1 Å². The second-order valence-corrected chi connectivity index (χ2v) is 4.06. The number of hydrogen-bond acceptors (Lipinski definition) is 3. The van der Waals surface area contributed by atoms with Crippen molar-refractivity contribution in [3.05, 3.63) is 17.8 Å². The number of aliphatic hydroxyl groups excluding tert-OH is 1. The minimum Gasteiger partial charge on any atom is -0.449 e. The molecule has 0 fully saturated rings. The van der Waals surface area contributed by atoms with Crippen molar-refractivity contribution in [2.24, 2.45) is 5.41 Å². The molecule has 0 amide bonds. The Morgan fingerprint density at radius 2 is 2.08 bits per heavy atom. The first-order valence-corrected chi connectivity index (χ1v) is 4.01. The van der Waals surface area contributed by atoms with Crippen molar-refractivity contribution in [2.75, 3.05) is 0 Å². The maximum absolute atomic E-state index is 9.75. The number of aliphatic hydroxyl groups is 1. The lowest BCUT2D eigenvalue weighted by molar-refractivity contribution is 0.0588. The van der Waals surface area contributed by atoms with E-state index in [-0.39, 0.29) is 5.41 Å². The zero-order valence-electron chi connectivity index (χ0n) is 7.96. The van der Waals surface area contributed by atoms with E-state index < -0.39 is 6.10 Å². The summed E-state index contributed by atoms with van der Waals surface area (Å²) >= 11 is 0. The minimum absolute atomic E-state index is 0.191. The molecule has 1 aromatic heterocycles. The number of aromatic nitrogens is 1. The van der Waals surface area contributed by atoms with Gasteiger partial charge < -0.3 is 9.52 Å². The molecule has 0 aliphatic heterocycles. The van der Waals surface area contributed by atoms with Crippen LogP contribution < -0.4 is 0 Å². The van der Waals surface area contributed by atoms with Gasteiger partial charge in [-0.25, -0.2) is 4.98 Å². The van der Waals surface area contributed by atoms with Crippen molar-refractivity contribution < 1.29 is 9.52 Å². The minimum atomic E-state index is -0.560. The average molecular weight is 169 g/mol. The third-order valence-electron chi connectivity index (χ3n) is 1.74. The molecule has 0 saturated heterocycles. The van der Waals surface area contributed by atoms with E-state index in [0.29, 0.717) is 11.6 Å². The van der Waals surface area contributed by atoms with Crippen LogP contribution >= 0.6 is 0 Å². The normalized spacial score (nSPS) is 14.8. The van der Waals surface area contributed by atoms with Crippen molar-refractivity contribution in [1.82, 2.24) is 4.98 Å². The summed E-state index contributed by atoms with van der Waals surface area (Å²) in [6, 6.07) is 0. The second kappa shape index (κ2) is 2.90. The molecular weight excluding hydrogens is 154 g/mol. The molecule has 1 aromatic rings. The van der Waals surface area contributed by atoms with Crippen LogP contribution in [0.2, 0.25) is 0 Å². The van der Waals surface area contributed by atoms with Gasteiger partial charge in [0.05, 0.1) is 0 Å². The van der Waals surface area contributed by atoms with Gasteiger partial charge >= 0.3 is 0 Å². The molecule has 0 aliphatic rings. The second-order valence-electron chi connectivity index (χ2n) is 4.06. The van der Waals surface area contributed by atoms with Crippen molar-refractivity contribution in [3.8, 4) is 0 Å². The molecule has 68 valence electrons. The van der Waals surface area contributed by atoms with Gasteiger partial charge in [0.2, 0.25) is 0 Å². The first-order chi connectivity index (χ1) is 5.41. The fraction of sp³-hybridized carbons (Fsp3) is 0.667. The highest BCUT2D eigenvalue weighted by Gasteiger charge is 2.26. The van der Waals surface area contributed by atoms with Crippen LogP contribution in [0.1, 0.15) is 38.5 Å². The predicted octanol–water partition coefficient (Wildman–Crippen LogP) is 2.06. The molecule has 1 unspecified atom stereocenters.